The molecule has 2 amide bonds. The van der Waals surface area contributed by atoms with Crippen LogP contribution >= 0.6 is 43.6 Å². The Morgan fingerprint density at radius 3 is 2.42 bits per heavy atom. The quantitative estimate of drug-likeness (QED) is 0.215. The highest BCUT2D eigenvalue weighted by Crippen LogP contribution is 2.38. The van der Waals surface area contributed by atoms with Crippen molar-refractivity contribution in [3.8, 4) is 11.5 Å². The average molecular weight is 663 g/mol. The fraction of sp³-hybridized carbons (Fsp3) is 0.241. The van der Waals surface area contributed by atoms with E-state index in [4.69, 9.17) is 9.47 Å². The lowest BCUT2D eigenvalue weighted by Gasteiger charge is -2.17. The molecule has 38 heavy (non-hydrogen) atoms. The van der Waals surface area contributed by atoms with Crippen LogP contribution in [0.2, 0.25) is 0 Å². The molecular formula is C29H26Br2FNO4S. The molecule has 5 nitrogen and oxygen atoms in total. The number of hydrogen-bond donors (Lipinski definition) is 0. The number of nitrogens with zero attached hydrogens (tertiary/aromatic N) is 1. The summed E-state index contributed by atoms with van der Waals surface area (Å²) in [5.74, 6) is 0.878. The van der Waals surface area contributed by atoms with E-state index in [0.29, 0.717) is 36.6 Å². The van der Waals surface area contributed by atoms with E-state index in [0.717, 1.165) is 28.6 Å². The molecule has 1 saturated heterocycles. The summed E-state index contributed by atoms with van der Waals surface area (Å²) < 4.78 is 27.0. The molecule has 0 atom stereocenters. The zero-order valence-corrected chi connectivity index (χ0v) is 25.1. The van der Waals surface area contributed by atoms with Crippen molar-refractivity contribution < 1.29 is 23.5 Å². The topological polar surface area (TPSA) is 55.8 Å². The summed E-state index contributed by atoms with van der Waals surface area (Å²) in [5.41, 5.74) is 3.31. The Labute approximate surface area is 242 Å². The van der Waals surface area contributed by atoms with Gasteiger partial charge < -0.3 is 9.47 Å². The van der Waals surface area contributed by atoms with Gasteiger partial charge in [0.2, 0.25) is 0 Å². The molecule has 0 saturated carbocycles. The molecule has 198 valence electrons. The van der Waals surface area contributed by atoms with Crippen molar-refractivity contribution in [1.82, 2.24) is 4.90 Å². The molecule has 3 aromatic rings. The van der Waals surface area contributed by atoms with Gasteiger partial charge in [0.05, 0.1) is 20.4 Å². The number of ether oxygens (including phenoxy) is 2. The maximum atomic E-state index is 13.9. The Kier molecular flexibility index (Phi) is 9.33. The van der Waals surface area contributed by atoms with E-state index in [9.17, 15) is 14.0 Å². The van der Waals surface area contributed by atoms with Gasteiger partial charge in [-0.15, -0.1) is 0 Å². The van der Waals surface area contributed by atoms with Gasteiger partial charge in [0, 0.05) is 5.56 Å². The van der Waals surface area contributed by atoms with Crippen LogP contribution in [0.1, 0.15) is 42.0 Å². The molecule has 0 bridgehead atoms. The van der Waals surface area contributed by atoms with Gasteiger partial charge in [-0.2, -0.15) is 0 Å². The highest BCUT2D eigenvalue weighted by atomic mass is 79.9. The zero-order valence-electron chi connectivity index (χ0n) is 21.1. The van der Waals surface area contributed by atoms with E-state index in [2.05, 4.69) is 45.7 Å². The van der Waals surface area contributed by atoms with Gasteiger partial charge in [0.25, 0.3) is 11.1 Å². The molecule has 0 radical (unpaired) electrons. The Balaban J connectivity index is 1.42. The molecule has 1 fully saturated rings. The van der Waals surface area contributed by atoms with Crippen molar-refractivity contribution in [3.63, 3.8) is 0 Å². The van der Waals surface area contributed by atoms with Crippen LogP contribution in [0.3, 0.4) is 0 Å². The number of amides is 2. The number of aryl methyl sites for hydroxylation is 1. The molecule has 0 unspecified atom stereocenters. The third kappa shape index (κ3) is 6.68. The minimum Gasteiger partial charge on any atom is -0.491 e. The molecule has 1 aliphatic heterocycles. The summed E-state index contributed by atoms with van der Waals surface area (Å²) >= 11 is 7.88. The van der Waals surface area contributed by atoms with Gasteiger partial charge in [-0.3, -0.25) is 14.5 Å². The van der Waals surface area contributed by atoms with Crippen LogP contribution in [0.25, 0.3) is 6.08 Å². The molecule has 3 aromatic carbocycles. The lowest BCUT2D eigenvalue weighted by atomic mass is 10.0. The Bertz CT molecular complexity index is 1390. The van der Waals surface area contributed by atoms with Gasteiger partial charge in [-0.25, -0.2) is 4.39 Å². The fourth-order valence-electron chi connectivity index (χ4n) is 3.90. The molecule has 0 aromatic heterocycles. The van der Waals surface area contributed by atoms with Crippen LogP contribution in [-0.4, -0.2) is 29.2 Å². The lowest BCUT2D eigenvalue weighted by Crippen LogP contribution is -2.32. The third-order valence-electron chi connectivity index (χ3n) is 5.89. The smallest absolute Gasteiger partial charge is 0.293 e. The zero-order chi connectivity index (χ0) is 27.4. The lowest BCUT2D eigenvalue weighted by molar-refractivity contribution is -0.123. The van der Waals surface area contributed by atoms with Gasteiger partial charge in [-0.05, 0) is 103 Å². The molecule has 0 spiro atoms. The monoisotopic (exact) mass is 661 g/mol. The van der Waals surface area contributed by atoms with Gasteiger partial charge in [0.15, 0.2) is 0 Å². The van der Waals surface area contributed by atoms with Gasteiger partial charge in [0.1, 0.15) is 30.5 Å². The Morgan fingerprint density at radius 2 is 1.74 bits per heavy atom. The van der Waals surface area contributed by atoms with Crippen LogP contribution in [0.4, 0.5) is 9.18 Å². The molecule has 4 rings (SSSR count). The summed E-state index contributed by atoms with van der Waals surface area (Å²) in [5, 5.41) is -0.332. The molecule has 0 aliphatic carbocycles. The van der Waals surface area contributed by atoms with Crippen LogP contribution < -0.4 is 9.47 Å². The Hall–Kier alpha value is -2.62. The maximum Gasteiger partial charge on any atom is 0.293 e. The first-order valence-electron chi connectivity index (χ1n) is 12.0. The van der Waals surface area contributed by atoms with E-state index in [-0.39, 0.29) is 36.7 Å². The van der Waals surface area contributed by atoms with Gasteiger partial charge >= 0.3 is 0 Å². The molecule has 1 aliphatic rings. The van der Waals surface area contributed by atoms with Crippen molar-refractivity contribution in [1.29, 1.82) is 0 Å². The Morgan fingerprint density at radius 1 is 1.03 bits per heavy atom. The second-order valence-electron chi connectivity index (χ2n) is 9.07. The van der Waals surface area contributed by atoms with E-state index >= 15 is 0 Å². The van der Waals surface area contributed by atoms with Crippen LogP contribution in [-0.2, 0) is 11.4 Å². The number of imide groups is 1. The van der Waals surface area contributed by atoms with Crippen molar-refractivity contribution in [2.75, 3.05) is 13.2 Å². The number of carbonyl (C=O) groups is 2. The number of benzene rings is 3. The van der Waals surface area contributed by atoms with Crippen LogP contribution in [0.15, 0.2) is 68.4 Å². The van der Waals surface area contributed by atoms with E-state index < -0.39 is 0 Å². The van der Waals surface area contributed by atoms with Crippen molar-refractivity contribution in [2.24, 2.45) is 0 Å². The minimum atomic E-state index is -0.357. The largest absolute Gasteiger partial charge is 0.491 e. The number of carbonyl (C=O) groups excluding carboxylic acids is 2. The summed E-state index contributed by atoms with van der Waals surface area (Å²) in [6, 6.07) is 16.1. The van der Waals surface area contributed by atoms with Crippen molar-refractivity contribution in [2.45, 2.75) is 33.3 Å². The maximum absolute atomic E-state index is 13.9. The molecule has 0 N–H and O–H groups in total. The average Bonchev–Trinajstić information content (AvgIpc) is 3.11. The van der Waals surface area contributed by atoms with Crippen molar-refractivity contribution in [3.05, 3.63) is 96.5 Å². The summed E-state index contributed by atoms with van der Waals surface area (Å²) in [6.45, 7) is 6.61. The first-order chi connectivity index (χ1) is 18.1. The minimum absolute atomic E-state index is 0.0609. The van der Waals surface area contributed by atoms with Crippen LogP contribution in [0.5, 0.6) is 11.5 Å². The summed E-state index contributed by atoms with van der Waals surface area (Å²) in [7, 11) is 0. The SMILES string of the molecule is Cc1ccc(C(C)C)c(OCCN2C(=O)S/C(=C\c3cc(Br)c(OCc4ccccc4F)c(Br)c3)C2=O)c1. The van der Waals surface area contributed by atoms with Crippen LogP contribution in [0, 0.1) is 12.7 Å². The first-order valence-corrected chi connectivity index (χ1v) is 14.4. The summed E-state index contributed by atoms with van der Waals surface area (Å²) in [6.07, 6.45) is 1.67. The number of rotatable bonds is 9. The number of hydrogen-bond acceptors (Lipinski definition) is 5. The molecular weight excluding hydrogens is 637 g/mol. The normalized spacial score (nSPS) is 14.6. The highest BCUT2D eigenvalue weighted by molar-refractivity contribution is 9.11. The highest BCUT2D eigenvalue weighted by Gasteiger charge is 2.35. The van der Waals surface area contributed by atoms with Crippen molar-refractivity contribution >= 4 is 60.8 Å². The fourth-order valence-corrected chi connectivity index (χ4v) is 6.22. The van der Waals surface area contributed by atoms with E-state index in [1.165, 1.54) is 11.0 Å². The predicted molar refractivity (Wildman–Crippen MR) is 156 cm³/mol. The van der Waals surface area contributed by atoms with E-state index in [1.807, 2.05) is 25.1 Å². The molecule has 9 heteroatoms. The summed E-state index contributed by atoms with van der Waals surface area (Å²) in [4.78, 5) is 27.1. The van der Waals surface area contributed by atoms with E-state index in [1.54, 1.807) is 36.4 Å². The van der Waals surface area contributed by atoms with Gasteiger partial charge in [-0.1, -0.05) is 44.2 Å². The predicted octanol–water partition coefficient (Wildman–Crippen LogP) is 8.48. The standard InChI is InChI=1S/C29H26Br2FNO4S/c1-17(2)21-9-8-18(3)12-25(21)36-11-10-33-28(34)26(38-29(33)35)15-19-13-22(30)27(23(31)14-19)37-16-20-6-4-5-7-24(20)32/h4-9,12-15,17H,10-11,16H2,1-3H3/b26-15-. The second-order valence-corrected chi connectivity index (χ2v) is 11.8. The first kappa shape index (κ1) is 28.4. The second kappa shape index (κ2) is 12.5. The number of thioether (sulfide) groups is 1. The molecule has 1 heterocycles. The third-order valence-corrected chi connectivity index (χ3v) is 7.97. The number of halogens is 3.